The largest absolute Gasteiger partial charge is 0.478 e. The highest BCUT2D eigenvalue weighted by Crippen LogP contribution is 2.32. The number of amides is 1. The van der Waals surface area contributed by atoms with Crippen molar-refractivity contribution in [1.82, 2.24) is 20.1 Å². The van der Waals surface area contributed by atoms with Crippen LogP contribution in [-0.2, 0) is 17.8 Å². The lowest BCUT2D eigenvalue weighted by atomic mass is 10.0. The van der Waals surface area contributed by atoms with Crippen LogP contribution in [0.25, 0.3) is 16.7 Å². The molecule has 0 saturated carbocycles. The number of carbonyl (C=O) groups is 1. The summed E-state index contributed by atoms with van der Waals surface area (Å²) in [6, 6.07) is 14.5. The number of benzene rings is 2. The molecule has 0 aliphatic rings. The average molecular weight is 461 g/mol. The molecule has 4 rings (SSSR count). The summed E-state index contributed by atoms with van der Waals surface area (Å²) in [5.74, 6) is 0.0357. The van der Waals surface area contributed by atoms with E-state index in [1.807, 2.05) is 50.6 Å². The van der Waals surface area contributed by atoms with Crippen LogP contribution in [0.4, 0.5) is 4.39 Å². The van der Waals surface area contributed by atoms with Crippen LogP contribution in [-0.4, -0.2) is 27.3 Å². The lowest BCUT2D eigenvalue weighted by molar-refractivity contribution is -0.121. The maximum Gasteiger partial charge on any atom is 0.220 e. The first-order valence-electron chi connectivity index (χ1n) is 11.5. The molecule has 7 heteroatoms. The highest BCUT2D eigenvalue weighted by atomic mass is 19.1. The Kier molecular flexibility index (Phi) is 6.91. The van der Waals surface area contributed by atoms with Crippen molar-refractivity contribution in [3.8, 4) is 11.6 Å². The fraction of sp³-hybridized carbons (Fsp3) is 0.296. The summed E-state index contributed by atoms with van der Waals surface area (Å²) in [5.41, 5.74) is 6.04. The lowest BCUT2D eigenvalue weighted by Crippen LogP contribution is -2.23. The number of carbonyl (C=O) groups excluding carboxylic acids is 1. The number of hydrogen-bond donors (Lipinski definition) is 1. The van der Waals surface area contributed by atoms with Gasteiger partial charge in [-0.2, -0.15) is 10.1 Å². The summed E-state index contributed by atoms with van der Waals surface area (Å²) in [4.78, 5) is 17.4. The van der Waals surface area contributed by atoms with Crippen LogP contribution in [0.1, 0.15) is 41.3 Å². The Balaban J connectivity index is 1.61. The molecule has 0 fully saturated rings. The molecule has 34 heavy (non-hydrogen) atoms. The third kappa shape index (κ3) is 4.78. The molecule has 0 aliphatic carbocycles. The van der Waals surface area contributed by atoms with Crippen LogP contribution >= 0.6 is 0 Å². The standard InChI is InChI=1S/C27H29FN4O2/c1-5-34-27-22(13-14-24(33)29-16-20-10-6-7-12-23(20)28)18(3)25-19(4)31-32(26(25)30-27)21-11-8-9-17(2)15-21/h6-12,15H,5,13-14,16H2,1-4H3,(H,29,33). The maximum absolute atomic E-state index is 13.8. The molecule has 2 aromatic carbocycles. The molecule has 0 saturated heterocycles. The predicted molar refractivity (Wildman–Crippen MR) is 131 cm³/mol. The van der Waals surface area contributed by atoms with Crippen molar-refractivity contribution < 1.29 is 13.9 Å². The van der Waals surface area contributed by atoms with Crippen molar-refractivity contribution in [1.29, 1.82) is 0 Å². The number of aryl methyl sites for hydroxylation is 3. The summed E-state index contributed by atoms with van der Waals surface area (Å²) in [6.07, 6.45) is 0.704. The Labute approximate surface area is 198 Å². The van der Waals surface area contributed by atoms with E-state index in [9.17, 15) is 9.18 Å². The SMILES string of the molecule is CCOc1nc2c(c(C)nn2-c2cccc(C)c2)c(C)c1CCC(=O)NCc1ccccc1F. The van der Waals surface area contributed by atoms with Gasteiger partial charge in [0.15, 0.2) is 5.65 Å². The molecular weight excluding hydrogens is 431 g/mol. The zero-order valence-electron chi connectivity index (χ0n) is 20.0. The molecule has 0 bridgehead atoms. The van der Waals surface area contributed by atoms with Crippen LogP contribution < -0.4 is 10.1 Å². The van der Waals surface area contributed by atoms with Gasteiger partial charge < -0.3 is 10.1 Å². The molecule has 0 atom stereocenters. The molecule has 2 heterocycles. The molecule has 0 aliphatic heterocycles. The van der Waals surface area contributed by atoms with Gasteiger partial charge in [-0.05, 0) is 63.4 Å². The molecule has 2 aromatic heterocycles. The van der Waals surface area contributed by atoms with Crippen molar-refractivity contribution in [2.24, 2.45) is 0 Å². The van der Waals surface area contributed by atoms with Crippen LogP contribution in [0.2, 0.25) is 0 Å². The fourth-order valence-corrected chi connectivity index (χ4v) is 4.19. The summed E-state index contributed by atoms with van der Waals surface area (Å²) in [7, 11) is 0. The molecule has 1 amide bonds. The van der Waals surface area contributed by atoms with Crippen LogP contribution in [0.5, 0.6) is 5.88 Å². The van der Waals surface area contributed by atoms with E-state index in [2.05, 4.69) is 11.4 Å². The molecule has 176 valence electrons. The Morgan fingerprint density at radius 1 is 1.12 bits per heavy atom. The first kappa shape index (κ1) is 23.4. The fourth-order valence-electron chi connectivity index (χ4n) is 4.19. The van der Waals surface area contributed by atoms with Gasteiger partial charge in [-0.3, -0.25) is 4.79 Å². The monoisotopic (exact) mass is 460 g/mol. The molecule has 0 spiro atoms. The number of pyridine rings is 1. The van der Waals surface area contributed by atoms with Gasteiger partial charge in [-0.1, -0.05) is 30.3 Å². The van der Waals surface area contributed by atoms with Crippen molar-refractivity contribution >= 4 is 16.9 Å². The van der Waals surface area contributed by atoms with Crippen LogP contribution in [0.15, 0.2) is 48.5 Å². The first-order chi connectivity index (χ1) is 16.4. The first-order valence-corrected chi connectivity index (χ1v) is 11.5. The Hall–Kier alpha value is -3.74. The number of fused-ring (bicyclic) bond motifs is 1. The minimum absolute atomic E-state index is 0.155. The van der Waals surface area contributed by atoms with E-state index in [0.717, 1.165) is 39.1 Å². The van der Waals surface area contributed by atoms with Crippen molar-refractivity contribution in [2.45, 2.75) is 47.1 Å². The summed E-state index contributed by atoms with van der Waals surface area (Å²) in [6.45, 7) is 8.56. The predicted octanol–water partition coefficient (Wildman–Crippen LogP) is 5.13. The number of nitrogens with zero attached hydrogens (tertiary/aromatic N) is 3. The van der Waals surface area contributed by atoms with Gasteiger partial charge in [0.1, 0.15) is 5.82 Å². The molecule has 0 unspecified atom stereocenters. The van der Waals surface area contributed by atoms with E-state index < -0.39 is 0 Å². The minimum atomic E-state index is -0.326. The minimum Gasteiger partial charge on any atom is -0.478 e. The van der Waals surface area contributed by atoms with Gasteiger partial charge in [-0.15, -0.1) is 0 Å². The maximum atomic E-state index is 13.8. The molecule has 1 N–H and O–H groups in total. The van der Waals surface area contributed by atoms with Crippen LogP contribution in [0, 0.1) is 26.6 Å². The zero-order valence-corrected chi connectivity index (χ0v) is 20.0. The van der Waals surface area contributed by atoms with Gasteiger partial charge >= 0.3 is 0 Å². The molecule has 6 nitrogen and oxygen atoms in total. The summed E-state index contributed by atoms with van der Waals surface area (Å²) < 4.78 is 21.6. The number of ether oxygens (including phenoxy) is 1. The van der Waals surface area contributed by atoms with Crippen molar-refractivity contribution in [3.05, 3.63) is 82.3 Å². The van der Waals surface area contributed by atoms with Crippen molar-refractivity contribution in [3.63, 3.8) is 0 Å². The van der Waals surface area contributed by atoms with Gasteiger partial charge in [-0.25, -0.2) is 9.07 Å². The third-order valence-electron chi connectivity index (χ3n) is 5.89. The Bertz CT molecular complexity index is 1350. The second kappa shape index (κ2) is 10.0. The number of rotatable bonds is 8. The smallest absolute Gasteiger partial charge is 0.220 e. The summed E-state index contributed by atoms with van der Waals surface area (Å²) >= 11 is 0. The molecule has 0 radical (unpaired) electrons. The Morgan fingerprint density at radius 3 is 2.65 bits per heavy atom. The topological polar surface area (TPSA) is 69.0 Å². The van der Waals surface area contributed by atoms with E-state index in [1.165, 1.54) is 6.07 Å². The normalized spacial score (nSPS) is 11.1. The zero-order chi connectivity index (χ0) is 24.2. The second-order valence-corrected chi connectivity index (χ2v) is 8.36. The third-order valence-corrected chi connectivity index (χ3v) is 5.89. The van der Waals surface area contributed by atoms with Gasteiger partial charge in [0.05, 0.1) is 18.0 Å². The Morgan fingerprint density at radius 2 is 1.91 bits per heavy atom. The highest BCUT2D eigenvalue weighted by molar-refractivity contribution is 5.86. The van der Waals surface area contributed by atoms with E-state index in [0.29, 0.717) is 24.5 Å². The van der Waals surface area contributed by atoms with Crippen LogP contribution in [0.3, 0.4) is 0 Å². The van der Waals surface area contributed by atoms with Gasteiger partial charge in [0, 0.05) is 29.5 Å². The molecule has 4 aromatic rings. The lowest BCUT2D eigenvalue weighted by Gasteiger charge is -2.14. The number of nitrogens with one attached hydrogen (secondary N) is 1. The second-order valence-electron chi connectivity index (χ2n) is 8.36. The number of hydrogen-bond acceptors (Lipinski definition) is 4. The van der Waals surface area contributed by atoms with E-state index >= 15 is 0 Å². The molecular formula is C27H29FN4O2. The van der Waals surface area contributed by atoms with Crippen molar-refractivity contribution in [2.75, 3.05) is 6.61 Å². The van der Waals surface area contributed by atoms with Gasteiger partial charge in [0.2, 0.25) is 11.8 Å². The quantitative estimate of drug-likeness (QED) is 0.396. The van der Waals surface area contributed by atoms with Gasteiger partial charge in [0.25, 0.3) is 0 Å². The van der Waals surface area contributed by atoms with E-state index in [4.69, 9.17) is 14.8 Å². The number of aromatic nitrogens is 3. The highest BCUT2D eigenvalue weighted by Gasteiger charge is 2.20. The van der Waals surface area contributed by atoms with E-state index in [1.54, 1.807) is 18.2 Å². The van der Waals surface area contributed by atoms with E-state index in [-0.39, 0.29) is 24.7 Å². The average Bonchev–Trinajstić information content (AvgIpc) is 3.15. The summed E-state index contributed by atoms with van der Waals surface area (Å²) in [5, 5.41) is 8.52. The number of halogens is 1.